The molecule has 1 fully saturated rings. The molecule has 1 aliphatic carbocycles. The van der Waals surface area contributed by atoms with Crippen LogP contribution in [0.4, 0.5) is 5.69 Å². The van der Waals surface area contributed by atoms with Crippen LogP contribution < -0.4 is 14.4 Å². The van der Waals surface area contributed by atoms with Crippen molar-refractivity contribution in [3.63, 3.8) is 0 Å². The summed E-state index contributed by atoms with van der Waals surface area (Å²) < 4.78 is 35.4. The largest absolute Gasteiger partial charge is 0.492 e. The van der Waals surface area contributed by atoms with Gasteiger partial charge in [0.2, 0.25) is 11.8 Å². The molecule has 0 aromatic heterocycles. The molecular weight excluding hydrogens is 595 g/mol. The van der Waals surface area contributed by atoms with Gasteiger partial charge in [0.1, 0.15) is 18.3 Å². The molecule has 0 aliphatic heterocycles. The Kier molecular flexibility index (Phi) is 12.1. The summed E-state index contributed by atoms with van der Waals surface area (Å²) >= 11 is 1.51. The van der Waals surface area contributed by atoms with E-state index < -0.39 is 28.5 Å². The van der Waals surface area contributed by atoms with Gasteiger partial charge in [-0.3, -0.25) is 13.9 Å². The number of sulfonamides is 1. The third kappa shape index (κ3) is 8.35. The van der Waals surface area contributed by atoms with Crippen LogP contribution in [0.25, 0.3) is 0 Å². The zero-order valence-electron chi connectivity index (χ0n) is 25.8. The zero-order chi connectivity index (χ0) is 31.5. The number of hydrogen-bond donors (Lipinski definition) is 1. The van der Waals surface area contributed by atoms with Crippen LogP contribution >= 0.6 is 11.8 Å². The molecule has 10 heteroatoms. The Morgan fingerprint density at radius 1 is 0.932 bits per heavy atom. The fraction of sp³-hybridized carbons (Fsp3) is 0.412. The van der Waals surface area contributed by atoms with E-state index in [1.807, 2.05) is 50.4 Å². The number of para-hydroxylation sites is 2. The Balaban J connectivity index is 1.73. The van der Waals surface area contributed by atoms with Crippen molar-refractivity contribution in [3.05, 3.63) is 84.4 Å². The number of anilines is 1. The van der Waals surface area contributed by atoms with Gasteiger partial charge in [-0.05, 0) is 74.4 Å². The predicted octanol–water partition coefficient (Wildman–Crippen LogP) is 6.26. The summed E-state index contributed by atoms with van der Waals surface area (Å²) in [7, 11) is -4.20. The summed E-state index contributed by atoms with van der Waals surface area (Å²) in [4.78, 5) is 30.6. The van der Waals surface area contributed by atoms with E-state index in [9.17, 15) is 18.0 Å². The van der Waals surface area contributed by atoms with Gasteiger partial charge in [-0.2, -0.15) is 0 Å². The Bertz CT molecular complexity index is 1480. The number of amides is 2. The van der Waals surface area contributed by atoms with Crippen LogP contribution in [0.2, 0.25) is 0 Å². The van der Waals surface area contributed by atoms with Crippen LogP contribution in [0.15, 0.2) is 88.7 Å². The molecule has 236 valence electrons. The maximum absolute atomic E-state index is 14.4. The minimum atomic E-state index is -4.20. The Hall–Kier alpha value is -3.50. The molecule has 0 radical (unpaired) electrons. The van der Waals surface area contributed by atoms with E-state index in [0.29, 0.717) is 18.8 Å². The molecular formula is C34H43N3O5S2. The van der Waals surface area contributed by atoms with Crippen molar-refractivity contribution in [2.45, 2.75) is 80.8 Å². The molecule has 3 aromatic carbocycles. The normalized spacial score (nSPS) is 14.4. The minimum Gasteiger partial charge on any atom is -0.492 e. The number of rotatable bonds is 14. The minimum absolute atomic E-state index is 0.0612. The van der Waals surface area contributed by atoms with Gasteiger partial charge in [-0.25, -0.2) is 8.42 Å². The fourth-order valence-electron chi connectivity index (χ4n) is 5.57. The maximum atomic E-state index is 14.4. The quantitative estimate of drug-likeness (QED) is 0.210. The molecule has 0 bridgehead atoms. The van der Waals surface area contributed by atoms with Crippen molar-refractivity contribution in [2.24, 2.45) is 0 Å². The van der Waals surface area contributed by atoms with Crippen molar-refractivity contribution >= 4 is 39.3 Å². The molecule has 1 N–H and O–H groups in total. The second kappa shape index (κ2) is 16.0. The maximum Gasteiger partial charge on any atom is 0.264 e. The van der Waals surface area contributed by atoms with Crippen molar-refractivity contribution in [3.8, 4) is 5.75 Å². The Morgan fingerprint density at radius 3 is 2.23 bits per heavy atom. The third-order valence-corrected chi connectivity index (χ3v) is 10.4. The average molecular weight is 638 g/mol. The van der Waals surface area contributed by atoms with Gasteiger partial charge in [0.05, 0.1) is 17.2 Å². The molecule has 1 saturated carbocycles. The molecule has 1 atom stereocenters. The lowest BCUT2D eigenvalue weighted by Gasteiger charge is -2.34. The van der Waals surface area contributed by atoms with Gasteiger partial charge in [0.25, 0.3) is 10.0 Å². The SMILES string of the molecule is CCOc1ccccc1N(CC(=O)N(Cc1ccccc1)[C@@H](CC)C(=O)NC1CCCCC1)S(=O)(=O)c1ccc(SC)cc1. The summed E-state index contributed by atoms with van der Waals surface area (Å²) in [6.07, 6.45) is 7.44. The van der Waals surface area contributed by atoms with Gasteiger partial charge < -0.3 is 15.0 Å². The van der Waals surface area contributed by atoms with E-state index in [4.69, 9.17) is 4.74 Å². The molecule has 1 aliphatic rings. The van der Waals surface area contributed by atoms with E-state index in [0.717, 1.165) is 46.9 Å². The van der Waals surface area contributed by atoms with Gasteiger partial charge in [-0.15, -0.1) is 11.8 Å². The number of carbonyl (C=O) groups excluding carboxylic acids is 2. The molecule has 0 unspecified atom stereocenters. The van der Waals surface area contributed by atoms with Gasteiger partial charge >= 0.3 is 0 Å². The summed E-state index contributed by atoms with van der Waals surface area (Å²) in [6, 6.07) is 22.2. The molecule has 0 heterocycles. The standard InChI is InChI=1S/C34H43N3O5S2/c1-4-30(34(39)35-27-16-10-7-11-17-27)36(24-26-14-8-6-9-15-26)33(38)25-37(31-18-12-13-19-32(31)42-5-2)44(40,41)29-22-20-28(43-3)21-23-29/h6,8-9,12-15,18-23,27,30H,4-5,7,10-11,16-17,24-25H2,1-3H3,(H,35,39)/t30-/m0/s1. The Morgan fingerprint density at radius 2 is 1.59 bits per heavy atom. The molecule has 0 spiro atoms. The second-order valence-corrected chi connectivity index (χ2v) is 13.6. The van der Waals surface area contributed by atoms with Crippen LogP contribution in [0, 0.1) is 0 Å². The van der Waals surface area contributed by atoms with E-state index in [1.165, 1.54) is 16.7 Å². The molecule has 8 nitrogen and oxygen atoms in total. The van der Waals surface area contributed by atoms with Crippen LogP contribution in [0.3, 0.4) is 0 Å². The van der Waals surface area contributed by atoms with Crippen LogP contribution in [0.5, 0.6) is 5.75 Å². The van der Waals surface area contributed by atoms with Crippen molar-refractivity contribution < 1.29 is 22.7 Å². The predicted molar refractivity (Wildman–Crippen MR) is 176 cm³/mol. The first-order valence-corrected chi connectivity index (χ1v) is 18.0. The topological polar surface area (TPSA) is 96.0 Å². The highest BCUT2D eigenvalue weighted by molar-refractivity contribution is 7.98. The number of hydrogen-bond acceptors (Lipinski definition) is 6. The third-order valence-electron chi connectivity index (χ3n) is 7.89. The molecule has 3 aromatic rings. The average Bonchev–Trinajstić information content (AvgIpc) is 3.05. The van der Waals surface area contributed by atoms with Crippen molar-refractivity contribution in [2.75, 3.05) is 23.7 Å². The number of ether oxygens (including phenoxy) is 1. The summed E-state index contributed by atoms with van der Waals surface area (Å²) in [5, 5.41) is 3.18. The summed E-state index contributed by atoms with van der Waals surface area (Å²) in [5.41, 5.74) is 1.11. The smallest absolute Gasteiger partial charge is 0.264 e. The second-order valence-electron chi connectivity index (χ2n) is 10.9. The van der Waals surface area contributed by atoms with Gasteiger partial charge in [-0.1, -0.05) is 68.7 Å². The monoisotopic (exact) mass is 637 g/mol. The summed E-state index contributed by atoms with van der Waals surface area (Å²) in [6.45, 7) is 3.68. The number of benzene rings is 3. The first-order valence-electron chi connectivity index (χ1n) is 15.3. The molecule has 44 heavy (non-hydrogen) atoms. The molecule has 2 amide bonds. The van der Waals surface area contributed by atoms with Crippen LogP contribution in [-0.2, 0) is 26.2 Å². The lowest BCUT2D eigenvalue weighted by atomic mass is 9.95. The van der Waals surface area contributed by atoms with Crippen molar-refractivity contribution in [1.29, 1.82) is 0 Å². The fourth-order valence-corrected chi connectivity index (χ4v) is 7.41. The van der Waals surface area contributed by atoms with Crippen LogP contribution in [0.1, 0.15) is 57.9 Å². The van der Waals surface area contributed by atoms with Crippen molar-refractivity contribution in [1.82, 2.24) is 10.2 Å². The number of thioether (sulfide) groups is 1. The lowest BCUT2D eigenvalue weighted by Crippen LogP contribution is -2.54. The van der Waals surface area contributed by atoms with E-state index >= 15 is 0 Å². The lowest BCUT2D eigenvalue weighted by molar-refractivity contribution is -0.140. The molecule has 0 saturated heterocycles. The number of carbonyl (C=O) groups is 2. The van der Waals surface area contributed by atoms with E-state index in [1.54, 1.807) is 48.5 Å². The highest BCUT2D eigenvalue weighted by Gasteiger charge is 2.35. The highest BCUT2D eigenvalue weighted by atomic mass is 32.2. The highest BCUT2D eigenvalue weighted by Crippen LogP contribution is 2.33. The van der Waals surface area contributed by atoms with Gasteiger partial charge in [0.15, 0.2) is 0 Å². The van der Waals surface area contributed by atoms with E-state index in [2.05, 4.69) is 5.32 Å². The van der Waals surface area contributed by atoms with Gasteiger partial charge in [0, 0.05) is 17.5 Å². The first-order chi connectivity index (χ1) is 21.3. The number of nitrogens with zero attached hydrogens (tertiary/aromatic N) is 2. The Labute approximate surface area is 266 Å². The van der Waals surface area contributed by atoms with E-state index in [-0.39, 0.29) is 29.1 Å². The molecule has 4 rings (SSSR count). The zero-order valence-corrected chi connectivity index (χ0v) is 27.4. The first kappa shape index (κ1) is 33.4. The number of nitrogens with one attached hydrogen (secondary N) is 1. The summed E-state index contributed by atoms with van der Waals surface area (Å²) in [5.74, 6) is -0.334. The van der Waals surface area contributed by atoms with Crippen LogP contribution in [-0.4, -0.2) is 56.6 Å².